The van der Waals surface area contributed by atoms with Gasteiger partial charge in [0.15, 0.2) is 0 Å². The highest BCUT2D eigenvalue weighted by Crippen LogP contribution is 2.24. The Bertz CT molecular complexity index is 761. The van der Waals surface area contributed by atoms with Crippen molar-refractivity contribution in [3.8, 4) is 0 Å². The molecule has 2 aliphatic heterocycles. The van der Waals surface area contributed by atoms with Crippen LogP contribution in [0.2, 0.25) is 0 Å². The summed E-state index contributed by atoms with van der Waals surface area (Å²) in [5.41, 5.74) is 0.269. The van der Waals surface area contributed by atoms with E-state index in [1.165, 1.54) is 0 Å². The molecule has 2 N–H and O–H groups in total. The van der Waals surface area contributed by atoms with Crippen molar-refractivity contribution in [2.45, 2.75) is 64.5 Å². The van der Waals surface area contributed by atoms with Crippen LogP contribution in [0, 0.1) is 5.92 Å². The fraction of sp³-hybridized carbons (Fsp3) is 0.625. The number of carbonyl (C=O) groups is 3. The molecule has 1 aromatic carbocycles. The Labute approximate surface area is 185 Å². The molecular formula is C24H36N4O3. The van der Waals surface area contributed by atoms with Crippen molar-refractivity contribution in [2.75, 3.05) is 26.2 Å². The summed E-state index contributed by atoms with van der Waals surface area (Å²) in [5.74, 6) is -0.189. The van der Waals surface area contributed by atoms with E-state index in [1.807, 2.05) is 48.8 Å². The third-order valence-electron chi connectivity index (χ3n) is 6.04. The van der Waals surface area contributed by atoms with Crippen LogP contribution in [0.15, 0.2) is 30.3 Å². The van der Waals surface area contributed by atoms with Crippen molar-refractivity contribution >= 4 is 17.8 Å². The maximum Gasteiger partial charge on any atom is 0.317 e. The van der Waals surface area contributed by atoms with Gasteiger partial charge in [0, 0.05) is 37.3 Å². The molecule has 0 bridgehead atoms. The maximum atomic E-state index is 13.4. The molecule has 0 unspecified atom stereocenters. The van der Waals surface area contributed by atoms with Crippen LogP contribution in [-0.4, -0.2) is 65.4 Å². The summed E-state index contributed by atoms with van der Waals surface area (Å²) in [7, 11) is 0. The van der Waals surface area contributed by atoms with E-state index in [9.17, 15) is 14.4 Å². The average Bonchev–Trinajstić information content (AvgIpc) is 2.77. The van der Waals surface area contributed by atoms with Crippen LogP contribution in [0.4, 0.5) is 4.79 Å². The van der Waals surface area contributed by atoms with Crippen LogP contribution in [0.1, 0.15) is 63.2 Å². The molecule has 31 heavy (non-hydrogen) atoms. The van der Waals surface area contributed by atoms with Crippen molar-refractivity contribution in [2.24, 2.45) is 5.92 Å². The normalized spacial score (nSPS) is 18.9. The minimum absolute atomic E-state index is 0.0146. The van der Waals surface area contributed by atoms with Gasteiger partial charge in [-0.2, -0.15) is 0 Å². The number of hydrogen-bond acceptors (Lipinski definition) is 3. The summed E-state index contributed by atoms with van der Waals surface area (Å²) >= 11 is 0. The summed E-state index contributed by atoms with van der Waals surface area (Å²) in [6, 6.07) is 8.41. The van der Waals surface area contributed by atoms with Crippen LogP contribution in [0.25, 0.3) is 0 Å². The Kier molecular flexibility index (Phi) is 7.57. The van der Waals surface area contributed by atoms with Crippen LogP contribution in [0.5, 0.6) is 0 Å². The molecule has 1 aromatic rings. The second-order valence-corrected chi connectivity index (χ2v) is 9.71. The van der Waals surface area contributed by atoms with E-state index in [0.717, 1.165) is 32.4 Å². The number of amides is 4. The number of hydrogen-bond donors (Lipinski definition) is 2. The van der Waals surface area contributed by atoms with E-state index in [1.54, 1.807) is 12.1 Å². The second-order valence-electron chi connectivity index (χ2n) is 9.71. The van der Waals surface area contributed by atoms with Crippen molar-refractivity contribution in [3.63, 3.8) is 0 Å². The number of rotatable bonds is 4. The van der Waals surface area contributed by atoms with Crippen LogP contribution in [0.3, 0.4) is 0 Å². The third kappa shape index (κ3) is 6.45. The van der Waals surface area contributed by atoms with Gasteiger partial charge in [-0.05, 0) is 70.9 Å². The molecule has 2 fully saturated rings. The van der Waals surface area contributed by atoms with Gasteiger partial charge in [0.25, 0.3) is 5.91 Å². The first-order valence-electron chi connectivity index (χ1n) is 11.5. The SMILES string of the molecule is CC(C)(C)NC(=O)N1CCC([C@H](NC(=O)c2ccccc2)C(=O)N2CCCCC2)CC1. The number of carbonyl (C=O) groups excluding carboxylic acids is 3. The molecule has 1 atom stereocenters. The fourth-order valence-corrected chi connectivity index (χ4v) is 4.34. The van der Waals surface area contributed by atoms with E-state index < -0.39 is 6.04 Å². The molecule has 2 saturated heterocycles. The van der Waals surface area contributed by atoms with Crippen molar-refractivity contribution in [1.82, 2.24) is 20.4 Å². The monoisotopic (exact) mass is 428 g/mol. The highest BCUT2D eigenvalue weighted by molar-refractivity contribution is 5.97. The molecule has 0 aliphatic carbocycles. The lowest BCUT2D eigenvalue weighted by Gasteiger charge is -2.39. The molecule has 0 aromatic heterocycles. The minimum Gasteiger partial charge on any atom is -0.341 e. The molecule has 3 rings (SSSR count). The number of nitrogens with zero attached hydrogens (tertiary/aromatic N) is 2. The Morgan fingerprint density at radius 2 is 1.52 bits per heavy atom. The topological polar surface area (TPSA) is 81.8 Å². The Hall–Kier alpha value is -2.57. The minimum atomic E-state index is -0.557. The van der Waals surface area contributed by atoms with E-state index in [4.69, 9.17) is 0 Å². The largest absolute Gasteiger partial charge is 0.341 e. The summed E-state index contributed by atoms with van der Waals surface area (Å²) in [4.78, 5) is 42.5. The zero-order valence-corrected chi connectivity index (χ0v) is 19.0. The smallest absolute Gasteiger partial charge is 0.317 e. The molecule has 7 heteroatoms. The van der Waals surface area contributed by atoms with E-state index >= 15 is 0 Å². The zero-order valence-electron chi connectivity index (χ0n) is 19.0. The number of benzene rings is 1. The number of likely N-dealkylation sites (tertiary alicyclic amines) is 2. The van der Waals surface area contributed by atoms with Gasteiger partial charge in [-0.1, -0.05) is 18.2 Å². The third-order valence-corrected chi connectivity index (χ3v) is 6.04. The highest BCUT2D eigenvalue weighted by atomic mass is 16.2. The number of nitrogens with one attached hydrogen (secondary N) is 2. The lowest BCUT2D eigenvalue weighted by molar-refractivity contribution is -0.136. The van der Waals surface area contributed by atoms with Crippen LogP contribution in [-0.2, 0) is 4.79 Å². The van der Waals surface area contributed by atoms with Gasteiger partial charge in [0.05, 0.1) is 0 Å². The lowest BCUT2D eigenvalue weighted by Crippen LogP contribution is -2.56. The number of urea groups is 1. The van der Waals surface area contributed by atoms with E-state index in [2.05, 4.69) is 10.6 Å². The van der Waals surface area contributed by atoms with E-state index in [0.29, 0.717) is 31.5 Å². The molecule has 7 nitrogen and oxygen atoms in total. The molecular weight excluding hydrogens is 392 g/mol. The quantitative estimate of drug-likeness (QED) is 0.773. The molecule has 0 saturated carbocycles. The van der Waals surface area contributed by atoms with Crippen molar-refractivity contribution in [3.05, 3.63) is 35.9 Å². The number of piperidine rings is 2. The van der Waals surface area contributed by atoms with Gasteiger partial charge < -0.3 is 20.4 Å². The van der Waals surface area contributed by atoms with Gasteiger partial charge in [0.2, 0.25) is 5.91 Å². The van der Waals surface area contributed by atoms with Gasteiger partial charge in [-0.25, -0.2) is 4.79 Å². The van der Waals surface area contributed by atoms with Gasteiger partial charge in [-0.3, -0.25) is 9.59 Å². The van der Waals surface area contributed by atoms with Gasteiger partial charge in [-0.15, -0.1) is 0 Å². The Morgan fingerprint density at radius 3 is 2.10 bits per heavy atom. The Morgan fingerprint density at radius 1 is 0.903 bits per heavy atom. The standard InChI is InChI=1S/C24H36N4O3/c1-24(2,3)26-23(31)28-16-12-18(13-17-28)20(22(30)27-14-8-5-9-15-27)25-21(29)19-10-6-4-7-11-19/h4,6-7,10-11,18,20H,5,8-9,12-17H2,1-3H3,(H,25,29)(H,26,31)/t20-/m0/s1. The van der Waals surface area contributed by atoms with Crippen LogP contribution >= 0.6 is 0 Å². The van der Waals surface area contributed by atoms with Gasteiger partial charge >= 0.3 is 6.03 Å². The maximum absolute atomic E-state index is 13.4. The van der Waals surface area contributed by atoms with Crippen LogP contribution < -0.4 is 10.6 Å². The first kappa shape index (κ1) is 23.1. The zero-order chi connectivity index (χ0) is 22.4. The lowest BCUT2D eigenvalue weighted by atomic mass is 9.88. The average molecular weight is 429 g/mol. The summed E-state index contributed by atoms with van der Waals surface area (Å²) in [6.07, 6.45) is 4.55. The predicted molar refractivity (Wildman–Crippen MR) is 121 cm³/mol. The van der Waals surface area contributed by atoms with Gasteiger partial charge in [0.1, 0.15) is 6.04 Å². The van der Waals surface area contributed by atoms with Crippen molar-refractivity contribution < 1.29 is 14.4 Å². The van der Waals surface area contributed by atoms with E-state index in [-0.39, 0.29) is 29.3 Å². The first-order valence-corrected chi connectivity index (χ1v) is 11.5. The molecule has 4 amide bonds. The highest BCUT2D eigenvalue weighted by Gasteiger charge is 2.36. The fourth-order valence-electron chi connectivity index (χ4n) is 4.34. The van der Waals surface area contributed by atoms with Crippen molar-refractivity contribution in [1.29, 1.82) is 0 Å². The molecule has 170 valence electrons. The summed E-state index contributed by atoms with van der Waals surface area (Å²) < 4.78 is 0. The summed E-state index contributed by atoms with van der Waals surface area (Å²) in [5, 5.41) is 6.04. The molecule has 2 heterocycles. The molecule has 2 aliphatic rings. The molecule has 0 radical (unpaired) electrons. The molecule has 0 spiro atoms. The second kappa shape index (κ2) is 10.2. The predicted octanol–water partition coefficient (Wildman–Crippen LogP) is 3.02. The first-order chi connectivity index (χ1) is 14.7. The Balaban J connectivity index is 1.68. The summed E-state index contributed by atoms with van der Waals surface area (Å²) in [6.45, 7) is 8.56.